The first-order valence-corrected chi connectivity index (χ1v) is 9.13. The number of nitrogens with zero attached hydrogens (tertiary/aromatic N) is 3. The first-order chi connectivity index (χ1) is 11.6. The lowest BCUT2D eigenvalue weighted by molar-refractivity contribution is 0.402. The molecule has 2 rings (SSSR count). The lowest BCUT2D eigenvalue weighted by Crippen LogP contribution is -2.39. The molecule has 0 saturated carbocycles. The van der Waals surface area contributed by atoms with Crippen molar-refractivity contribution in [1.82, 2.24) is 15.1 Å². The van der Waals surface area contributed by atoms with Crippen LogP contribution in [0.4, 0.5) is 0 Å². The van der Waals surface area contributed by atoms with E-state index in [4.69, 9.17) is 0 Å². The van der Waals surface area contributed by atoms with Gasteiger partial charge in [0.1, 0.15) is 0 Å². The van der Waals surface area contributed by atoms with Crippen molar-refractivity contribution in [3.63, 3.8) is 0 Å². The predicted octanol–water partition coefficient (Wildman–Crippen LogP) is 3.06. The van der Waals surface area contributed by atoms with Crippen LogP contribution in [0.15, 0.2) is 46.8 Å². The summed E-state index contributed by atoms with van der Waals surface area (Å²) in [6.07, 6.45) is 1.05. The fraction of sp³-hybridized carbons (Fsp3) is 0.421. The molecule has 0 saturated heterocycles. The second-order valence-electron chi connectivity index (χ2n) is 6.21. The van der Waals surface area contributed by atoms with Crippen molar-refractivity contribution in [1.29, 1.82) is 0 Å². The lowest BCUT2D eigenvalue weighted by Gasteiger charge is -2.22. The monoisotopic (exact) mass is 344 g/mol. The Morgan fingerprint density at radius 1 is 1.12 bits per heavy atom. The largest absolute Gasteiger partial charge is 0.352 e. The molecule has 0 bridgehead atoms. The molecule has 1 aromatic heterocycles. The zero-order valence-electron chi connectivity index (χ0n) is 15.1. The molecule has 130 valence electrons. The number of benzene rings is 1. The molecule has 1 aromatic carbocycles. The number of hydrogen-bond donors (Lipinski definition) is 1. The number of nitrogens with one attached hydrogen (secondary N) is 1. The Morgan fingerprint density at radius 2 is 1.92 bits per heavy atom. The van der Waals surface area contributed by atoms with Crippen LogP contribution in [-0.2, 0) is 19.5 Å². The van der Waals surface area contributed by atoms with Crippen LogP contribution in [0, 0.1) is 0 Å². The molecule has 0 amide bonds. The van der Waals surface area contributed by atoms with E-state index in [1.807, 2.05) is 18.4 Å². The number of aliphatic imine (C=N–C) groups is 1. The number of rotatable bonds is 7. The van der Waals surface area contributed by atoms with E-state index in [0.717, 1.165) is 32.0 Å². The van der Waals surface area contributed by atoms with Crippen LogP contribution in [0.3, 0.4) is 0 Å². The first-order valence-electron chi connectivity index (χ1n) is 8.25. The minimum absolute atomic E-state index is 0.789. The van der Waals surface area contributed by atoms with Crippen molar-refractivity contribution in [2.75, 3.05) is 34.7 Å². The summed E-state index contributed by atoms with van der Waals surface area (Å²) in [6, 6.07) is 13.0. The second kappa shape index (κ2) is 9.45. The van der Waals surface area contributed by atoms with E-state index in [-0.39, 0.29) is 0 Å². The van der Waals surface area contributed by atoms with Gasteiger partial charge < -0.3 is 15.1 Å². The van der Waals surface area contributed by atoms with Crippen molar-refractivity contribution >= 4 is 17.3 Å². The number of likely N-dealkylation sites (N-methyl/N-ethyl adjacent to an activating group) is 1. The van der Waals surface area contributed by atoms with E-state index in [1.165, 1.54) is 16.0 Å². The zero-order valence-corrected chi connectivity index (χ0v) is 15.9. The molecular formula is C19H28N4S. The average molecular weight is 345 g/mol. The molecule has 5 heteroatoms. The van der Waals surface area contributed by atoms with Gasteiger partial charge in [0.25, 0.3) is 0 Å². The molecule has 0 spiro atoms. The highest BCUT2D eigenvalue weighted by Crippen LogP contribution is 2.10. The minimum Gasteiger partial charge on any atom is -0.352 e. The highest BCUT2D eigenvalue weighted by Gasteiger charge is 2.06. The predicted molar refractivity (Wildman–Crippen MR) is 105 cm³/mol. The van der Waals surface area contributed by atoms with E-state index in [1.54, 1.807) is 0 Å². The average Bonchev–Trinajstić information content (AvgIpc) is 3.06. The molecule has 1 N–H and O–H groups in total. The Balaban J connectivity index is 1.86. The summed E-state index contributed by atoms with van der Waals surface area (Å²) in [5.74, 6) is 0.935. The molecule has 1 heterocycles. The molecule has 0 aliphatic rings. The Kier molecular flexibility index (Phi) is 7.28. The van der Waals surface area contributed by atoms with Crippen molar-refractivity contribution in [3.05, 3.63) is 57.8 Å². The third-order valence-electron chi connectivity index (χ3n) is 3.79. The van der Waals surface area contributed by atoms with Crippen molar-refractivity contribution in [2.45, 2.75) is 19.5 Å². The Morgan fingerprint density at radius 3 is 2.58 bits per heavy atom. The van der Waals surface area contributed by atoms with Gasteiger partial charge in [0, 0.05) is 38.6 Å². The second-order valence-corrected chi connectivity index (χ2v) is 7.24. The van der Waals surface area contributed by atoms with Gasteiger partial charge >= 0.3 is 0 Å². The van der Waals surface area contributed by atoms with Gasteiger partial charge in [-0.1, -0.05) is 30.3 Å². The highest BCUT2D eigenvalue weighted by molar-refractivity contribution is 7.09. The highest BCUT2D eigenvalue weighted by atomic mass is 32.1. The Bertz CT molecular complexity index is 635. The molecule has 4 nitrogen and oxygen atoms in total. The van der Waals surface area contributed by atoms with Crippen LogP contribution >= 0.6 is 11.3 Å². The zero-order chi connectivity index (χ0) is 17.4. The van der Waals surface area contributed by atoms with E-state index in [9.17, 15) is 0 Å². The fourth-order valence-corrected chi connectivity index (χ4v) is 3.31. The summed E-state index contributed by atoms with van der Waals surface area (Å²) in [5, 5.41) is 5.59. The van der Waals surface area contributed by atoms with E-state index < -0.39 is 0 Å². The van der Waals surface area contributed by atoms with Crippen LogP contribution < -0.4 is 5.32 Å². The third kappa shape index (κ3) is 5.98. The standard InChI is InChI=1S/C19H28N4S/c1-20-19(23(4)11-10-18-9-6-12-24-18)21-14-16-7-5-8-17(13-16)15-22(2)3/h5-9,12-13H,10-11,14-15H2,1-4H3,(H,20,21). The van der Waals surface area contributed by atoms with Gasteiger partial charge in [0.2, 0.25) is 0 Å². The summed E-state index contributed by atoms with van der Waals surface area (Å²) < 4.78 is 0. The maximum absolute atomic E-state index is 4.40. The lowest BCUT2D eigenvalue weighted by atomic mass is 10.1. The summed E-state index contributed by atoms with van der Waals surface area (Å²) in [5.41, 5.74) is 2.61. The quantitative estimate of drug-likeness (QED) is 0.619. The van der Waals surface area contributed by atoms with Gasteiger partial charge in [-0.2, -0.15) is 0 Å². The number of thiophene rings is 1. The van der Waals surface area contributed by atoms with E-state index >= 15 is 0 Å². The van der Waals surface area contributed by atoms with Crippen molar-refractivity contribution < 1.29 is 0 Å². The van der Waals surface area contributed by atoms with Crippen LogP contribution in [0.25, 0.3) is 0 Å². The number of guanidine groups is 1. The van der Waals surface area contributed by atoms with Gasteiger partial charge in [-0.05, 0) is 43.1 Å². The van der Waals surface area contributed by atoms with Crippen LogP contribution in [-0.4, -0.2) is 50.5 Å². The third-order valence-corrected chi connectivity index (χ3v) is 4.72. The SMILES string of the molecule is CN=C(NCc1cccc(CN(C)C)c1)N(C)CCc1cccs1. The molecule has 0 unspecified atom stereocenters. The molecule has 0 fully saturated rings. The molecule has 0 aliphatic heterocycles. The molecule has 0 atom stereocenters. The fourth-order valence-electron chi connectivity index (χ4n) is 2.61. The number of hydrogen-bond acceptors (Lipinski definition) is 3. The minimum atomic E-state index is 0.789. The maximum atomic E-state index is 4.40. The summed E-state index contributed by atoms with van der Waals surface area (Å²) in [6.45, 7) is 2.71. The smallest absolute Gasteiger partial charge is 0.193 e. The molecule has 0 aliphatic carbocycles. The van der Waals surface area contributed by atoms with Gasteiger partial charge in [-0.3, -0.25) is 4.99 Å². The summed E-state index contributed by atoms with van der Waals surface area (Å²) >= 11 is 1.81. The summed E-state index contributed by atoms with van der Waals surface area (Å²) in [4.78, 5) is 10.2. The first kappa shape index (κ1) is 18.5. The van der Waals surface area contributed by atoms with Crippen molar-refractivity contribution in [3.8, 4) is 0 Å². The van der Waals surface area contributed by atoms with Gasteiger partial charge in [-0.25, -0.2) is 0 Å². The normalized spacial score (nSPS) is 11.8. The van der Waals surface area contributed by atoms with Crippen LogP contribution in [0.5, 0.6) is 0 Å². The summed E-state index contributed by atoms with van der Waals surface area (Å²) in [7, 11) is 8.11. The van der Waals surface area contributed by atoms with Crippen LogP contribution in [0.1, 0.15) is 16.0 Å². The molecule has 2 aromatic rings. The van der Waals surface area contributed by atoms with E-state index in [2.05, 4.69) is 83.0 Å². The molecule has 0 radical (unpaired) electrons. The van der Waals surface area contributed by atoms with E-state index in [0.29, 0.717) is 0 Å². The van der Waals surface area contributed by atoms with Crippen molar-refractivity contribution in [2.24, 2.45) is 4.99 Å². The topological polar surface area (TPSA) is 30.9 Å². The van der Waals surface area contributed by atoms with Gasteiger partial charge in [-0.15, -0.1) is 11.3 Å². The Hall–Kier alpha value is -1.85. The van der Waals surface area contributed by atoms with Gasteiger partial charge in [0.15, 0.2) is 5.96 Å². The van der Waals surface area contributed by atoms with Crippen LogP contribution in [0.2, 0.25) is 0 Å². The maximum Gasteiger partial charge on any atom is 0.193 e. The Labute approximate surface area is 149 Å². The molecular weight excluding hydrogens is 316 g/mol. The molecule has 24 heavy (non-hydrogen) atoms. The van der Waals surface area contributed by atoms with Gasteiger partial charge in [0.05, 0.1) is 0 Å².